The zero-order valence-electron chi connectivity index (χ0n) is 16.2. The minimum Gasteiger partial charge on any atom is -0.497 e. The van der Waals surface area contributed by atoms with Crippen molar-refractivity contribution in [1.82, 2.24) is 19.9 Å². The van der Waals surface area contributed by atoms with E-state index >= 15 is 0 Å². The van der Waals surface area contributed by atoms with Gasteiger partial charge < -0.3 is 20.6 Å². The topological polar surface area (TPSA) is 100 Å². The number of aromatic nitrogens is 3. The Bertz CT molecular complexity index is 1190. The van der Waals surface area contributed by atoms with Crippen molar-refractivity contribution in [3.63, 3.8) is 0 Å². The quantitative estimate of drug-likeness (QED) is 0.495. The molecule has 1 fully saturated rings. The van der Waals surface area contributed by atoms with E-state index in [1.165, 1.54) is 0 Å². The van der Waals surface area contributed by atoms with Crippen molar-refractivity contribution in [2.75, 3.05) is 19.4 Å². The number of anilines is 1. The Morgan fingerprint density at radius 3 is 2.69 bits per heavy atom. The van der Waals surface area contributed by atoms with E-state index in [-0.39, 0.29) is 0 Å². The Balaban J connectivity index is 1.55. The van der Waals surface area contributed by atoms with Crippen molar-refractivity contribution in [2.24, 2.45) is 0 Å². The summed E-state index contributed by atoms with van der Waals surface area (Å²) in [5, 5.41) is 11.0. The molecule has 29 heavy (non-hydrogen) atoms. The number of nitrogens with one attached hydrogen (secondary N) is 1. The fourth-order valence-corrected chi connectivity index (χ4v) is 4.04. The predicted octanol–water partition coefficient (Wildman–Crippen LogP) is 3.28. The van der Waals surface area contributed by atoms with Gasteiger partial charge in [-0.2, -0.15) is 0 Å². The van der Waals surface area contributed by atoms with Gasteiger partial charge in [0.05, 0.1) is 19.2 Å². The maximum Gasteiger partial charge on any atom is 0.150 e. The number of likely N-dealkylation sites (tertiary alicyclic amines) is 1. The molecule has 1 saturated heterocycles. The summed E-state index contributed by atoms with van der Waals surface area (Å²) in [7, 11) is 1.66. The lowest BCUT2D eigenvalue weighted by molar-refractivity contribution is 0.0314. The van der Waals surface area contributed by atoms with Crippen LogP contribution >= 0.6 is 0 Å². The molecule has 2 aromatic heterocycles. The van der Waals surface area contributed by atoms with E-state index in [0.717, 1.165) is 64.0 Å². The van der Waals surface area contributed by atoms with E-state index < -0.39 is 6.23 Å². The summed E-state index contributed by atoms with van der Waals surface area (Å²) < 4.78 is 5.24. The molecule has 148 valence electrons. The number of fused-ring (bicyclic) bond motifs is 3. The highest BCUT2D eigenvalue weighted by molar-refractivity contribution is 6.07. The van der Waals surface area contributed by atoms with Crippen LogP contribution in [0.25, 0.3) is 33.1 Å². The molecular weight excluding hydrogens is 366 g/mol. The van der Waals surface area contributed by atoms with Gasteiger partial charge in [-0.3, -0.25) is 4.90 Å². The smallest absolute Gasteiger partial charge is 0.150 e. The number of hydrogen-bond acceptors (Lipinski definition) is 6. The van der Waals surface area contributed by atoms with Gasteiger partial charge in [0.25, 0.3) is 0 Å². The summed E-state index contributed by atoms with van der Waals surface area (Å²) in [6.07, 6.45) is 1.41. The molecule has 7 heteroatoms. The third-order valence-corrected chi connectivity index (χ3v) is 5.61. The molecule has 0 radical (unpaired) electrons. The first-order valence-electron chi connectivity index (χ1n) is 9.77. The second-order valence-electron chi connectivity index (χ2n) is 7.46. The summed E-state index contributed by atoms with van der Waals surface area (Å²) in [6.45, 7) is 1.44. The average Bonchev–Trinajstić information content (AvgIpc) is 3.35. The fourth-order valence-electron chi connectivity index (χ4n) is 4.04. The molecule has 5 rings (SSSR count). The minimum atomic E-state index is -0.400. The fraction of sp³-hybridized carbons (Fsp3) is 0.273. The highest BCUT2D eigenvalue weighted by Gasteiger charge is 2.23. The lowest BCUT2D eigenvalue weighted by Crippen LogP contribution is -2.28. The van der Waals surface area contributed by atoms with E-state index in [1.807, 2.05) is 41.3 Å². The summed E-state index contributed by atoms with van der Waals surface area (Å²) in [5.41, 5.74) is 10.7. The molecule has 1 atom stereocenters. The number of hydrogen-bond donors (Lipinski definition) is 3. The molecule has 1 aliphatic heterocycles. The predicted molar refractivity (Wildman–Crippen MR) is 113 cm³/mol. The van der Waals surface area contributed by atoms with Gasteiger partial charge in [-0.25, -0.2) is 9.97 Å². The maximum atomic E-state index is 10.1. The normalized spacial score (nSPS) is 17.4. The van der Waals surface area contributed by atoms with Crippen LogP contribution in [0.4, 0.5) is 5.82 Å². The van der Waals surface area contributed by atoms with Gasteiger partial charge in [0, 0.05) is 11.9 Å². The largest absolute Gasteiger partial charge is 0.497 e. The van der Waals surface area contributed by atoms with Crippen LogP contribution < -0.4 is 10.5 Å². The summed E-state index contributed by atoms with van der Waals surface area (Å²) in [6, 6.07) is 14.1. The monoisotopic (exact) mass is 389 g/mol. The van der Waals surface area contributed by atoms with Gasteiger partial charge in [0.2, 0.25) is 0 Å². The third-order valence-electron chi connectivity index (χ3n) is 5.61. The lowest BCUT2D eigenvalue weighted by atomic mass is 10.0. The molecule has 4 N–H and O–H groups in total. The zero-order chi connectivity index (χ0) is 20.0. The number of aliphatic hydroxyl groups excluding tert-OH is 1. The number of nitrogens with two attached hydrogens (primary N) is 1. The van der Waals surface area contributed by atoms with Crippen molar-refractivity contribution < 1.29 is 9.84 Å². The van der Waals surface area contributed by atoms with Crippen LogP contribution in [0.15, 0.2) is 42.5 Å². The zero-order valence-corrected chi connectivity index (χ0v) is 16.2. The van der Waals surface area contributed by atoms with Crippen LogP contribution in [0.3, 0.4) is 0 Å². The number of aromatic amines is 1. The number of H-pyrrole nitrogens is 1. The van der Waals surface area contributed by atoms with E-state index in [1.54, 1.807) is 7.11 Å². The van der Waals surface area contributed by atoms with Gasteiger partial charge in [-0.05, 0) is 48.2 Å². The number of nitrogen functional groups attached to an aromatic ring is 1. The van der Waals surface area contributed by atoms with E-state index in [0.29, 0.717) is 12.4 Å². The lowest BCUT2D eigenvalue weighted by Gasteiger charge is -2.17. The Hall–Kier alpha value is -3.16. The Morgan fingerprint density at radius 1 is 1.17 bits per heavy atom. The van der Waals surface area contributed by atoms with E-state index in [9.17, 15) is 5.11 Å². The number of aliphatic hydroxyl groups is 1. The molecule has 0 spiro atoms. The van der Waals surface area contributed by atoms with E-state index in [4.69, 9.17) is 15.5 Å². The number of pyridine rings is 1. The summed E-state index contributed by atoms with van der Waals surface area (Å²) in [5.74, 6) is 2.05. The molecule has 4 aromatic rings. The van der Waals surface area contributed by atoms with Crippen LogP contribution in [-0.2, 0) is 6.54 Å². The van der Waals surface area contributed by atoms with E-state index in [2.05, 4.69) is 16.0 Å². The molecule has 3 heterocycles. The van der Waals surface area contributed by atoms with Crippen molar-refractivity contribution in [1.29, 1.82) is 0 Å². The number of methoxy groups -OCH3 is 1. The van der Waals surface area contributed by atoms with Crippen molar-refractivity contribution >= 4 is 27.8 Å². The van der Waals surface area contributed by atoms with Crippen molar-refractivity contribution in [3.8, 4) is 16.9 Å². The van der Waals surface area contributed by atoms with Crippen molar-refractivity contribution in [3.05, 3.63) is 48.3 Å². The first-order chi connectivity index (χ1) is 14.1. The van der Waals surface area contributed by atoms with Gasteiger partial charge >= 0.3 is 0 Å². The highest BCUT2D eigenvalue weighted by atomic mass is 16.5. The molecule has 2 aromatic carbocycles. The number of benzene rings is 2. The SMILES string of the molecule is COc1ccc(-c2ccc3c(c2)nc(N)c2[nH]c(CN4CCCC4O)nc23)cc1. The highest BCUT2D eigenvalue weighted by Crippen LogP contribution is 2.31. The molecule has 1 aliphatic rings. The number of ether oxygens (including phenoxy) is 1. The number of nitrogens with zero attached hydrogens (tertiary/aromatic N) is 3. The molecular formula is C22H23N5O2. The van der Waals surface area contributed by atoms with Gasteiger partial charge in [-0.1, -0.05) is 18.2 Å². The number of imidazole rings is 1. The molecule has 0 bridgehead atoms. The second-order valence-corrected chi connectivity index (χ2v) is 7.46. The van der Waals surface area contributed by atoms with Gasteiger partial charge in [-0.15, -0.1) is 0 Å². The maximum absolute atomic E-state index is 10.1. The Kier molecular flexibility index (Phi) is 4.34. The molecule has 7 nitrogen and oxygen atoms in total. The first-order valence-corrected chi connectivity index (χ1v) is 9.77. The number of rotatable bonds is 4. The molecule has 0 aliphatic carbocycles. The second kappa shape index (κ2) is 7.02. The van der Waals surface area contributed by atoms with Gasteiger partial charge in [0.1, 0.15) is 34.7 Å². The van der Waals surface area contributed by atoms with Crippen LogP contribution in [0.5, 0.6) is 5.75 Å². The van der Waals surface area contributed by atoms with Crippen LogP contribution in [-0.4, -0.2) is 44.8 Å². The van der Waals surface area contributed by atoms with Crippen molar-refractivity contribution in [2.45, 2.75) is 25.6 Å². The first kappa shape index (κ1) is 17.9. The standard InChI is InChI=1S/C22H23N5O2/c1-29-15-7-4-13(5-8-15)14-6-9-16-17(11-14)24-22(23)21-20(16)25-18(26-21)12-27-10-2-3-19(27)28/h4-9,11,19,28H,2-3,10,12H2,1H3,(H2,23,24)(H,25,26). The molecule has 0 amide bonds. The average molecular weight is 389 g/mol. The minimum absolute atomic E-state index is 0.400. The molecule has 1 unspecified atom stereocenters. The van der Waals surface area contributed by atoms with Crippen LogP contribution in [0.2, 0.25) is 0 Å². The van der Waals surface area contributed by atoms with Gasteiger partial charge in [0.15, 0.2) is 0 Å². The summed E-state index contributed by atoms with van der Waals surface area (Å²) >= 11 is 0. The van der Waals surface area contributed by atoms with Crippen LogP contribution in [0, 0.1) is 0 Å². The third kappa shape index (κ3) is 3.18. The molecule has 0 saturated carbocycles. The van der Waals surface area contributed by atoms with Crippen LogP contribution in [0.1, 0.15) is 18.7 Å². The Morgan fingerprint density at radius 2 is 1.97 bits per heavy atom. The summed E-state index contributed by atoms with van der Waals surface area (Å²) in [4.78, 5) is 14.7. The Labute approximate surface area is 168 Å².